The lowest BCUT2D eigenvalue weighted by Gasteiger charge is -1.96. The fourth-order valence-corrected chi connectivity index (χ4v) is 1.46. The Morgan fingerprint density at radius 2 is 1.73 bits per heavy atom. The maximum atomic E-state index is 2.17. The van der Waals surface area contributed by atoms with Gasteiger partial charge in [0.2, 0.25) is 0 Å². The molecule has 1 aromatic carbocycles. The maximum absolute atomic E-state index is 2.17. The van der Waals surface area contributed by atoms with E-state index < -0.39 is 0 Å². The number of aryl methyl sites for hydroxylation is 1. The number of thioether (sulfide) groups is 1. The minimum Gasteiger partial charge on any atom is -0.126 e. The van der Waals surface area contributed by atoms with Crippen LogP contribution in [0.5, 0.6) is 0 Å². The molecule has 0 fully saturated rings. The van der Waals surface area contributed by atoms with Gasteiger partial charge in [-0.1, -0.05) is 32.0 Å². The van der Waals surface area contributed by atoms with Gasteiger partial charge in [0.15, 0.2) is 0 Å². The molecule has 0 aromatic heterocycles. The molecule has 0 bridgehead atoms. The van der Waals surface area contributed by atoms with Gasteiger partial charge in [0.25, 0.3) is 0 Å². The van der Waals surface area contributed by atoms with Crippen LogP contribution in [0.3, 0.4) is 0 Å². The van der Waals surface area contributed by atoms with Gasteiger partial charge in [-0.05, 0) is 24.8 Å². The molecule has 1 aromatic rings. The second-order valence-corrected chi connectivity index (χ2v) is 3.58. The van der Waals surface area contributed by atoms with E-state index in [1.54, 1.807) is 0 Å². The predicted molar refractivity (Wildman–Crippen MR) is 54.3 cm³/mol. The maximum Gasteiger partial charge on any atom is 0.00720 e. The predicted octanol–water partition coefficient (Wildman–Crippen LogP) is 3.74. The van der Waals surface area contributed by atoms with Crippen molar-refractivity contribution in [3.8, 4) is 0 Å². The first-order valence-electron chi connectivity index (χ1n) is 3.52. The summed E-state index contributed by atoms with van der Waals surface area (Å²) < 4.78 is 0. The average molecular weight is 168 g/mol. The van der Waals surface area contributed by atoms with Crippen molar-refractivity contribution in [1.82, 2.24) is 0 Å². The molecule has 1 rings (SSSR count). The third-order valence-corrected chi connectivity index (χ3v) is 2.23. The van der Waals surface area contributed by atoms with Gasteiger partial charge in [-0.3, -0.25) is 0 Å². The summed E-state index contributed by atoms with van der Waals surface area (Å²) in [4.78, 5) is 1.37. The van der Waals surface area contributed by atoms with E-state index >= 15 is 0 Å². The van der Waals surface area contributed by atoms with Crippen LogP contribution < -0.4 is 0 Å². The molecule has 62 valence electrons. The zero-order valence-electron chi connectivity index (χ0n) is 6.42. The van der Waals surface area contributed by atoms with E-state index in [0.29, 0.717) is 0 Å². The smallest absolute Gasteiger partial charge is 0.00720 e. The van der Waals surface area contributed by atoms with Crippen molar-refractivity contribution < 1.29 is 0 Å². The lowest BCUT2D eigenvalue weighted by molar-refractivity contribution is 1.37. The first-order chi connectivity index (χ1) is 4.83. The highest BCUT2D eigenvalue weighted by molar-refractivity contribution is 7.99. The summed E-state index contributed by atoms with van der Waals surface area (Å²) >= 11 is 1.88. The molecule has 0 spiro atoms. The average Bonchev–Trinajstić information content (AvgIpc) is 1.95. The molecule has 0 nitrogen and oxygen atoms in total. The molecule has 0 amide bonds. The van der Waals surface area contributed by atoms with Gasteiger partial charge < -0.3 is 0 Å². The van der Waals surface area contributed by atoms with Gasteiger partial charge in [0.05, 0.1) is 0 Å². The Morgan fingerprint density at radius 3 is 2.18 bits per heavy atom. The summed E-state index contributed by atoms with van der Waals surface area (Å²) in [6.45, 7) is 4.28. The van der Waals surface area contributed by atoms with Gasteiger partial charge in [-0.15, -0.1) is 11.8 Å². The van der Waals surface area contributed by atoms with Crippen LogP contribution in [0.25, 0.3) is 0 Å². The summed E-state index contributed by atoms with van der Waals surface area (Å²) in [5, 5.41) is 0. The quantitative estimate of drug-likeness (QED) is 0.606. The fraction of sp³-hybridized carbons (Fsp3) is 0.400. The molecular formula is C10H16S. The first kappa shape index (κ1) is 10.6. The fourth-order valence-electron chi connectivity index (χ4n) is 0.801. The third-order valence-electron chi connectivity index (χ3n) is 1.33. The third kappa shape index (κ3) is 3.47. The summed E-state index contributed by atoms with van der Waals surface area (Å²) in [5.41, 5.74) is 1.33. The number of benzene rings is 1. The minimum absolute atomic E-state index is 0. The second-order valence-electron chi connectivity index (χ2n) is 2.25. The van der Waals surface area contributed by atoms with Crippen LogP contribution in [-0.4, -0.2) is 5.75 Å². The molecule has 0 aliphatic rings. The van der Waals surface area contributed by atoms with Crippen molar-refractivity contribution in [3.05, 3.63) is 29.8 Å². The van der Waals surface area contributed by atoms with Crippen molar-refractivity contribution in [3.63, 3.8) is 0 Å². The molecule has 1 heteroatoms. The van der Waals surface area contributed by atoms with Crippen molar-refractivity contribution in [2.75, 3.05) is 5.75 Å². The summed E-state index contributed by atoms with van der Waals surface area (Å²) in [5.74, 6) is 1.16. The Balaban J connectivity index is 0.000001000. The highest BCUT2D eigenvalue weighted by Crippen LogP contribution is 2.16. The van der Waals surface area contributed by atoms with E-state index in [2.05, 4.69) is 38.1 Å². The summed E-state index contributed by atoms with van der Waals surface area (Å²) in [6, 6.07) is 8.64. The largest absolute Gasteiger partial charge is 0.126 e. The number of hydrogen-bond acceptors (Lipinski definition) is 1. The van der Waals surface area contributed by atoms with Crippen LogP contribution in [0.1, 0.15) is 19.9 Å². The molecule has 0 aliphatic heterocycles. The van der Waals surface area contributed by atoms with Crippen molar-refractivity contribution >= 4 is 11.8 Å². The molecule has 0 saturated heterocycles. The molecule has 0 heterocycles. The first-order valence-corrected chi connectivity index (χ1v) is 4.51. The van der Waals surface area contributed by atoms with Gasteiger partial charge >= 0.3 is 0 Å². The normalized spacial score (nSPS) is 8.91. The van der Waals surface area contributed by atoms with Crippen molar-refractivity contribution in [1.29, 1.82) is 0 Å². The van der Waals surface area contributed by atoms with Crippen LogP contribution in [0.4, 0.5) is 0 Å². The van der Waals surface area contributed by atoms with Crippen LogP contribution in [0, 0.1) is 6.92 Å². The van der Waals surface area contributed by atoms with E-state index in [0.717, 1.165) is 5.75 Å². The molecule has 0 N–H and O–H groups in total. The van der Waals surface area contributed by atoms with Gasteiger partial charge in [-0.25, -0.2) is 0 Å². The molecule has 0 atom stereocenters. The standard InChI is InChI=1S/C9H12S.CH4/c1-3-10-9-6-4-8(2)5-7-9;/h4-7H,3H2,1-2H3;1H4. The molecule has 11 heavy (non-hydrogen) atoms. The van der Waals surface area contributed by atoms with Gasteiger partial charge in [0.1, 0.15) is 0 Å². The summed E-state index contributed by atoms with van der Waals surface area (Å²) in [6.07, 6.45) is 0. The highest BCUT2D eigenvalue weighted by atomic mass is 32.2. The zero-order valence-corrected chi connectivity index (χ0v) is 7.24. The van der Waals surface area contributed by atoms with Crippen LogP contribution >= 0.6 is 11.8 Å². The summed E-state index contributed by atoms with van der Waals surface area (Å²) in [7, 11) is 0. The van der Waals surface area contributed by atoms with Crippen LogP contribution in [-0.2, 0) is 0 Å². The second kappa shape index (κ2) is 5.25. The molecular weight excluding hydrogens is 152 g/mol. The SMILES string of the molecule is C.CCSc1ccc(C)cc1. The van der Waals surface area contributed by atoms with Gasteiger partial charge in [0, 0.05) is 4.90 Å². The van der Waals surface area contributed by atoms with Crippen LogP contribution in [0.2, 0.25) is 0 Å². The van der Waals surface area contributed by atoms with Crippen LogP contribution in [0.15, 0.2) is 29.2 Å². The Labute approximate surface area is 74.0 Å². The minimum atomic E-state index is 0. The van der Waals surface area contributed by atoms with E-state index in [1.807, 2.05) is 11.8 Å². The van der Waals surface area contributed by atoms with Crippen molar-refractivity contribution in [2.45, 2.75) is 26.2 Å². The van der Waals surface area contributed by atoms with Crippen molar-refractivity contribution in [2.24, 2.45) is 0 Å². The van der Waals surface area contributed by atoms with E-state index in [4.69, 9.17) is 0 Å². The lowest BCUT2D eigenvalue weighted by Crippen LogP contribution is -1.73. The number of hydrogen-bond donors (Lipinski definition) is 0. The highest BCUT2D eigenvalue weighted by Gasteiger charge is 1.88. The topological polar surface area (TPSA) is 0 Å². The zero-order chi connectivity index (χ0) is 7.40. The van der Waals surface area contributed by atoms with Gasteiger partial charge in [-0.2, -0.15) is 0 Å². The van der Waals surface area contributed by atoms with E-state index in [1.165, 1.54) is 10.5 Å². The Kier molecular flexibility index (Phi) is 5.05. The molecule has 0 unspecified atom stereocenters. The molecule has 0 aliphatic carbocycles. The Bertz CT molecular complexity index is 189. The molecule has 0 radical (unpaired) electrons. The van der Waals surface area contributed by atoms with E-state index in [9.17, 15) is 0 Å². The monoisotopic (exact) mass is 168 g/mol. The Hall–Kier alpha value is -0.430. The Morgan fingerprint density at radius 1 is 1.18 bits per heavy atom. The number of rotatable bonds is 2. The lowest BCUT2D eigenvalue weighted by atomic mass is 10.2. The molecule has 0 saturated carbocycles. The van der Waals surface area contributed by atoms with E-state index in [-0.39, 0.29) is 7.43 Å².